The van der Waals surface area contributed by atoms with Crippen molar-refractivity contribution in [3.8, 4) is 11.1 Å². The Labute approximate surface area is 150 Å². The van der Waals surface area contributed by atoms with Crippen LogP contribution in [0.3, 0.4) is 0 Å². The summed E-state index contributed by atoms with van der Waals surface area (Å²) in [4.78, 5) is 16.5. The van der Waals surface area contributed by atoms with Gasteiger partial charge in [-0.15, -0.1) is 0 Å². The van der Waals surface area contributed by atoms with Crippen molar-refractivity contribution in [3.63, 3.8) is 0 Å². The van der Waals surface area contributed by atoms with Crippen LogP contribution in [-0.4, -0.2) is 10.9 Å². The number of aromatic nitrogens is 1. The van der Waals surface area contributed by atoms with Crippen molar-refractivity contribution >= 4 is 22.4 Å². The molecule has 1 aromatic heterocycles. The molecule has 4 rings (SSSR count). The second-order valence-corrected chi connectivity index (χ2v) is 5.89. The molecule has 126 valence electrons. The van der Waals surface area contributed by atoms with Crippen molar-refractivity contribution in [1.29, 1.82) is 0 Å². The minimum Gasteiger partial charge on any atom is -0.320 e. The molecule has 0 atom stereocenters. The number of pyridine rings is 1. The molecule has 0 spiro atoms. The number of rotatable bonds is 3. The van der Waals surface area contributed by atoms with Crippen LogP contribution in [0.15, 0.2) is 85.1 Å². The largest absolute Gasteiger partial charge is 0.320 e. The fraction of sp³-hybridized carbons (Fsp3) is 0. The number of hydrogen-bond acceptors (Lipinski definition) is 2. The van der Waals surface area contributed by atoms with Gasteiger partial charge < -0.3 is 5.32 Å². The highest BCUT2D eigenvalue weighted by atomic mass is 19.1. The number of carbonyl (C=O) groups is 1. The molecule has 3 aromatic carbocycles. The van der Waals surface area contributed by atoms with Crippen LogP contribution in [0, 0.1) is 5.82 Å². The summed E-state index contributed by atoms with van der Waals surface area (Å²) in [6.07, 6.45) is 1.58. The summed E-state index contributed by atoms with van der Waals surface area (Å²) >= 11 is 0. The molecular weight excluding hydrogens is 327 g/mol. The number of fused-ring (bicyclic) bond motifs is 1. The van der Waals surface area contributed by atoms with Crippen molar-refractivity contribution in [2.75, 3.05) is 5.32 Å². The third-order valence-electron chi connectivity index (χ3n) is 4.20. The van der Waals surface area contributed by atoms with Gasteiger partial charge in [0, 0.05) is 17.3 Å². The van der Waals surface area contributed by atoms with Crippen molar-refractivity contribution < 1.29 is 9.18 Å². The molecule has 4 aromatic rings. The van der Waals surface area contributed by atoms with Crippen LogP contribution >= 0.6 is 0 Å². The Morgan fingerprint density at radius 1 is 0.846 bits per heavy atom. The number of carbonyl (C=O) groups excluding carboxylic acids is 1. The minimum absolute atomic E-state index is 0.269. The van der Waals surface area contributed by atoms with E-state index in [0.717, 1.165) is 21.9 Å². The number of anilines is 1. The number of amides is 1. The van der Waals surface area contributed by atoms with E-state index >= 15 is 0 Å². The van der Waals surface area contributed by atoms with E-state index in [9.17, 15) is 9.18 Å². The van der Waals surface area contributed by atoms with Gasteiger partial charge in [0.15, 0.2) is 0 Å². The predicted molar refractivity (Wildman–Crippen MR) is 102 cm³/mol. The Morgan fingerprint density at radius 3 is 2.46 bits per heavy atom. The van der Waals surface area contributed by atoms with E-state index < -0.39 is 0 Å². The molecule has 1 heterocycles. The maximum absolute atomic E-state index is 13.6. The van der Waals surface area contributed by atoms with Crippen LogP contribution in [0.2, 0.25) is 0 Å². The van der Waals surface area contributed by atoms with E-state index in [1.165, 1.54) is 12.1 Å². The summed E-state index contributed by atoms with van der Waals surface area (Å²) in [6, 6.07) is 23.2. The van der Waals surface area contributed by atoms with Crippen molar-refractivity contribution in [3.05, 3.63) is 96.6 Å². The number of nitrogens with one attached hydrogen (secondary N) is 1. The molecule has 0 bridgehead atoms. The normalized spacial score (nSPS) is 10.7. The van der Waals surface area contributed by atoms with E-state index in [4.69, 9.17) is 0 Å². The van der Waals surface area contributed by atoms with Gasteiger partial charge in [0.05, 0.1) is 0 Å². The first-order chi connectivity index (χ1) is 12.7. The number of nitrogens with zero attached hydrogens (tertiary/aromatic N) is 1. The highest BCUT2D eigenvalue weighted by Gasteiger charge is 2.11. The lowest BCUT2D eigenvalue weighted by Gasteiger charge is -2.12. The van der Waals surface area contributed by atoms with Gasteiger partial charge in [-0.1, -0.05) is 48.5 Å². The fourth-order valence-corrected chi connectivity index (χ4v) is 3.01. The van der Waals surface area contributed by atoms with Gasteiger partial charge in [0.2, 0.25) is 0 Å². The van der Waals surface area contributed by atoms with Crippen molar-refractivity contribution in [1.82, 2.24) is 4.98 Å². The zero-order chi connectivity index (χ0) is 17.9. The average Bonchev–Trinajstić information content (AvgIpc) is 2.68. The van der Waals surface area contributed by atoms with Crippen LogP contribution in [0.25, 0.3) is 21.9 Å². The molecule has 0 saturated carbocycles. The van der Waals surface area contributed by atoms with Gasteiger partial charge in [-0.05, 0) is 46.8 Å². The topological polar surface area (TPSA) is 42.0 Å². The summed E-state index contributed by atoms with van der Waals surface area (Å²) in [5.74, 6) is -0.548. The van der Waals surface area contributed by atoms with Gasteiger partial charge in [0.25, 0.3) is 5.91 Å². The number of hydrogen-bond donors (Lipinski definition) is 1. The highest BCUT2D eigenvalue weighted by molar-refractivity contribution is 6.10. The van der Waals surface area contributed by atoms with E-state index in [1.54, 1.807) is 30.5 Å². The summed E-state index contributed by atoms with van der Waals surface area (Å²) < 4.78 is 13.6. The van der Waals surface area contributed by atoms with Crippen molar-refractivity contribution in [2.24, 2.45) is 0 Å². The van der Waals surface area contributed by atoms with Gasteiger partial charge in [-0.3, -0.25) is 9.78 Å². The lowest BCUT2D eigenvalue weighted by atomic mass is 9.97. The number of halogens is 1. The summed E-state index contributed by atoms with van der Waals surface area (Å²) in [5.41, 5.74) is 2.75. The summed E-state index contributed by atoms with van der Waals surface area (Å²) in [7, 11) is 0. The second-order valence-electron chi connectivity index (χ2n) is 5.89. The molecule has 0 fully saturated rings. The molecule has 0 aliphatic rings. The molecule has 0 radical (unpaired) electrons. The zero-order valence-corrected chi connectivity index (χ0v) is 13.8. The van der Waals surface area contributed by atoms with Crippen LogP contribution in [0.5, 0.6) is 0 Å². The van der Waals surface area contributed by atoms with Gasteiger partial charge in [0.1, 0.15) is 11.5 Å². The third-order valence-corrected chi connectivity index (χ3v) is 4.20. The fourth-order valence-electron chi connectivity index (χ4n) is 3.01. The highest BCUT2D eigenvalue weighted by Crippen LogP contribution is 2.32. The number of benzene rings is 3. The molecule has 26 heavy (non-hydrogen) atoms. The molecule has 0 aliphatic heterocycles. The predicted octanol–water partition coefficient (Wildman–Crippen LogP) is 5.29. The molecule has 4 heteroatoms. The van der Waals surface area contributed by atoms with Gasteiger partial charge >= 0.3 is 0 Å². The molecular formula is C22H15FN2O. The van der Waals surface area contributed by atoms with Gasteiger partial charge in [-0.2, -0.15) is 0 Å². The lowest BCUT2D eigenvalue weighted by molar-refractivity contribution is 0.102. The first-order valence-corrected chi connectivity index (χ1v) is 8.22. The minimum atomic E-state index is -0.279. The quantitative estimate of drug-likeness (QED) is 0.549. The van der Waals surface area contributed by atoms with Crippen LogP contribution in [0.4, 0.5) is 10.1 Å². The monoisotopic (exact) mass is 342 g/mol. The summed E-state index contributed by atoms with van der Waals surface area (Å²) in [6.45, 7) is 0. The Morgan fingerprint density at radius 2 is 1.65 bits per heavy atom. The van der Waals surface area contributed by atoms with E-state index in [1.807, 2.05) is 42.5 Å². The van der Waals surface area contributed by atoms with E-state index in [-0.39, 0.29) is 11.7 Å². The van der Waals surface area contributed by atoms with Crippen LogP contribution < -0.4 is 5.32 Å². The molecule has 1 N–H and O–H groups in total. The van der Waals surface area contributed by atoms with E-state index in [0.29, 0.717) is 11.4 Å². The van der Waals surface area contributed by atoms with Crippen LogP contribution in [0.1, 0.15) is 10.5 Å². The Balaban J connectivity index is 1.78. The molecule has 0 saturated heterocycles. The Hall–Kier alpha value is -3.53. The maximum Gasteiger partial charge on any atom is 0.274 e. The SMILES string of the molecule is O=C(Nc1cccc2c(-c3cccc(F)c3)cccc12)c1ccccn1. The van der Waals surface area contributed by atoms with E-state index in [2.05, 4.69) is 10.3 Å². The van der Waals surface area contributed by atoms with Crippen molar-refractivity contribution in [2.45, 2.75) is 0 Å². The first kappa shape index (κ1) is 16.0. The second kappa shape index (κ2) is 6.76. The zero-order valence-electron chi connectivity index (χ0n) is 13.8. The van der Waals surface area contributed by atoms with Crippen LogP contribution in [-0.2, 0) is 0 Å². The third kappa shape index (κ3) is 3.05. The lowest BCUT2D eigenvalue weighted by Crippen LogP contribution is -2.13. The molecule has 3 nitrogen and oxygen atoms in total. The van der Waals surface area contributed by atoms with Gasteiger partial charge in [-0.25, -0.2) is 4.39 Å². The first-order valence-electron chi connectivity index (χ1n) is 8.22. The standard InChI is InChI=1S/C22H15FN2O/c23-16-7-3-6-15(14-16)17-8-4-10-19-18(17)9-5-12-20(19)25-22(26)21-11-1-2-13-24-21/h1-14H,(H,25,26). The average molecular weight is 342 g/mol. The summed E-state index contributed by atoms with van der Waals surface area (Å²) in [5, 5.41) is 4.74. The maximum atomic E-state index is 13.6. The smallest absolute Gasteiger partial charge is 0.274 e. The Bertz CT molecular complexity index is 1090. The molecule has 1 amide bonds. The Kier molecular flexibility index (Phi) is 4.15. The molecule has 0 aliphatic carbocycles. The molecule has 0 unspecified atom stereocenters.